The van der Waals surface area contributed by atoms with Gasteiger partial charge in [0.25, 0.3) is 0 Å². The summed E-state index contributed by atoms with van der Waals surface area (Å²) >= 11 is 3.46. The highest BCUT2D eigenvalue weighted by molar-refractivity contribution is 9.11. The molecule has 0 bridgehead atoms. The van der Waals surface area contributed by atoms with E-state index in [1.165, 1.54) is 4.90 Å². The lowest BCUT2D eigenvalue weighted by Crippen LogP contribution is -2.51. The number of halogens is 7. The Morgan fingerprint density at radius 1 is 1.05 bits per heavy atom. The van der Waals surface area contributed by atoms with Gasteiger partial charge in [-0.1, -0.05) is 40.2 Å². The fourth-order valence-electron chi connectivity index (χ4n) is 4.59. The molecule has 0 saturated carbocycles. The molecule has 1 aliphatic carbocycles. The van der Waals surface area contributed by atoms with Crippen LogP contribution in [0.4, 0.5) is 31.1 Å². The van der Waals surface area contributed by atoms with Crippen LogP contribution in [-0.4, -0.2) is 41.5 Å². The Labute approximate surface area is 224 Å². The minimum atomic E-state index is -5.05. The smallest absolute Gasteiger partial charge is 0.416 e. The third-order valence-corrected chi connectivity index (χ3v) is 7.22. The van der Waals surface area contributed by atoms with Crippen LogP contribution in [0.3, 0.4) is 0 Å². The molecule has 4 unspecified atom stereocenters. The van der Waals surface area contributed by atoms with E-state index in [4.69, 9.17) is 4.74 Å². The minimum Gasteiger partial charge on any atom is -0.447 e. The number of hydrogen-bond donors (Lipinski definition) is 1. The van der Waals surface area contributed by atoms with Gasteiger partial charge >= 0.3 is 18.4 Å². The molecule has 1 aromatic rings. The van der Waals surface area contributed by atoms with Gasteiger partial charge in [-0.05, 0) is 57.0 Å². The van der Waals surface area contributed by atoms with Gasteiger partial charge in [-0.3, -0.25) is 15.0 Å². The molecule has 208 valence electrons. The second-order valence-corrected chi connectivity index (χ2v) is 10.4. The first-order valence-electron chi connectivity index (χ1n) is 11.7. The van der Waals surface area contributed by atoms with E-state index >= 15 is 0 Å². The number of carbonyl (C=O) groups is 2. The van der Waals surface area contributed by atoms with Crippen LogP contribution in [0, 0.1) is 5.92 Å². The highest BCUT2D eigenvalue weighted by Crippen LogP contribution is 2.39. The van der Waals surface area contributed by atoms with E-state index < -0.39 is 65.0 Å². The number of nitrogens with one attached hydrogen (secondary N) is 1. The average Bonchev–Trinajstić information content (AvgIpc) is 2.97. The number of amides is 1. The summed E-state index contributed by atoms with van der Waals surface area (Å²) in [6, 6.07) is -1.63. The summed E-state index contributed by atoms with van der Waals surface area (Å²) in [5.41, 5.74) is -2.70. The quantitative estimate of drug-likeness (QED) is 0.290. The van der Waals surface area contributed by atoms with Crippen molar-refractivity contribution < 1.29 is 40.7 Å². The summed E-state index contributed by atoms with van der Waals surface area (Å²) < 4.78 is 86.9. The molecule has 1 amide bonds. The maximum absolute atomic E-state index is 13.5. The molecule has 38 heavy (non-hydrogen) atoms. The summed E-state index contributed by atoms with van der Waals surface area (Å²) in [7, 11) is 0. The Kier molecular flexibility index (Phi) is 8.87. The number of rotatable bonds is 5. The van der Waals surface area contributed by atoms with Crippen LogP contribution in [0.15, 0.2) is 52.6 Å². The molecule has 1 N–H and O–H groups in total. The van der Waals surface area contributed by atoms with E-state index in [-0.39, 0.29) is 18.7 Å². The Morgan fingerprint density at radius 3 is 2.13 bits per heavy atom. The van der Waals surface area contributed by atoms with Crippen LogP contribution in [0.2, 0.25) is 0 Å². The number of carbonyl (C=O) groups excluding carboxylic acids is 2. The van der Waals surface area contributed by atoms with E-state index in [2.05, 4.69) is 21.2 Å². The summed E-state index contributed by atoms with van der Waals surface area (Å²) in [5.74, 6) is -1.18. The highest BCUT2D eigenvalue weighted by atomic mass is 79.9. The van der Waals surface area contributed by atoms with Crippen molar-refractivity contribution in [1.82, 2.24) is 10.2 Å². The molecule has 4 atom stereocenters. The molecular weight excluding hydrogens is 582 g/mol. The second kappa shape index (κ2) is 11.3. The number of allylic oxidation sites excluding steroid dienone is 2. The standard InChI is InChI=1S/C26H27BrF6N2O3/c1-13(2)38-24(37)35-9-5-6-21(19-7-8-20(27)14(3)23(19)35)34-22(15(4)36)16-10-17(25(28,29)30)12-18(11-16)26(31,32)33/h5-8,10-13,19,21-23,34H,9H2,1-4H3. The van der Waals surface area contributed by atoms with Gasteiger partial charge in [0.05, 0.1) is 29.3 Å². The van der Waals surface area contributed by atoms with Gasteiger partial charge < -0.3 is 4.74 Å². The number of hydrogen-bond acceptors (Lipinski definition) is 4. The molecule has 5 nitrogen and oxygen atoms in total. The first-order chi connectivity index (χ1) is 17.5. The van der Waals surface area contributed by atoms with Gasteiger partial charge in [0, 0.05) is 23.0 Å². The molecule has 0 saturated heterocycles. The molecule has 12 heteroatoms. The molecule has 0 spiro atoms. The number of benzene rings is 1. The maximum Gasteiger partial charge on any atom is 0.416 e. The predicted octanol–water partition coefficient (Wildman–Crippen LogP) is 6.95. The van der Waals surface area contributed by atoms with Crippen LogP contribution >= 0.6 is 15.9 Å². The minimum absolute atomic E-state index is 0.0239. The second-order valence-electron chi connectivity index (χ2n) is 9.50. The van der Waals surface area contributed by atoms with Crippen LogP contribution in [0.1, 0.15) is 50.4 Å². The van der Waals surface area contributed by atoms with Crippen molar-refractivity contribution in [1.29, 1.82) is 0 Å². The van der Waals surface area contributed by atoms with Crippen LogP contribution in [0.5, 0.6) is 0 Å². The highest BCUT2D eigenvalue weighted by Gasteiger charge is 2.42. The van der Waals surface area contributed by atoms with Crippen molar-refractivity contribution in [2.45, 2.75) is 64.3 Å². The third-order valence-electron chi connectivity index (χ3n) is 6.33. The lowest BCUT2D eigenvalue weighted by atomic mass is 9.82. The van der Waals surface area contributed by atoms with E-state index in [1.807, 2.05) is 0 Å². The third kappa shape index (κ3) is 6.69. The van der Waals surface area contributed by atoms with Gasteiger partial charge in [-0.2, -0.15) is 26.3 Å². The molecule has 1 aromatic carbocycles. The van der Waals surface area contributed by atoms with E-state index in [0.717, 1.165) is 17.0 Å². The van der Waals surface area contributed by atoms with Crippen LogP contribution in [-0.2, 0) is 21.9 Å². The molecule has 1 aliphatic heterocycles. The number of fused-ring (bicyclic) bond motifs is 1. The zero-order valence-corrected chi connectivity index (χ0v) is 22.5. The summed E-state index contributed by atoms with van der Waals surface area (Å²) in [5, 5.41) is 2.96. The van der Waals surface area contributed by atoms with E-state index in [9.17, 15) is 35.9 Å². The van der Waals surface area contributed by atoms with Gasteiger partial charge in [0.1, 0.15) is 0 Å². The maximum atomic E-state index is 13.5. The lowest BCUT2D eigenvalue weighted by molar-refractivity contribution is -0.143. The van der Waals surface area contributed by atoms with Gasteiger partial charge in [0.15, 0.2) is 5.78 Å². The first kappa shape index (κ1) is 29.9. The Hall–Kier alpha value is -2.60. The largest absolute Gasteiger partial charge is 0.447 e. The molecule has 2 aliphatic rings. The molecule has 0 aromatic heterocycles. The number of alkyl halides is 6. The van der Waals surface area contributed by atoms with Gasteiger partial charge in [0.2, 0.25) is 0 Å². The Bertz CT molecular complexity index is 1140. The number of nitrogens with zero attached hydrogens (tertiary/aromatic N) is 1. The summed E-state index contributed by atoms with van der Waals surface area (Å²) in [4.78, 5) is 27.0. The van der Waals surface area contributed by atoms with Crippen molar-refractivity contribution >= 4 is 27.8 Å². The predicted molar refractivity (Wildman–Crippen MR) is 132 cm³/mol. The number of ketones is 1. The zero-order chi connectivity index (χ0) is 28.6. The summed E-state index contributed by atoms with van der Waals surface area (Å²) in [6.45, 7) is 6.44. The molecule has 1 heterocycles. The Balaban J connectivity index is 2.05. The fraction of sp³-hybridized carbons (Fsp3) is 0.462. The molecule has 0 fully saturated rings. The SMILES string of the molecule is CC(=O)C(NC1C=CCN(C(=O)OC(C)C)C2C(C)=C(Br)C=CC12)c1cc(C(F)(F)F)cc(C(F)(F)F)c1. The van der Waals surface area contributed by atoms with Crippen molar-refractivity contribution in [2.75, 3.05) is 6.54 Å². The van der Waals surface area contributed by atoms with Gasteiger partial charge in [-0.25, -0.2) is 4.79 Å². The van der Waals surface area contributed by atoms with E-state index in [0.29, 0.717) is 12.1 Å². The van der Waals surface area contributed by atoms with Crippen molar-refractivity contribution in [2.24, 2.45) is 5.92 Å². The average molecular weight is 609 g/mol. The number of ether oxygens (including phenoxy) is 1. The molecular formula is C26H27BrF6N2O3. The fourth-order valence-corrected chi connectivity index (χ4v) is 4.98. The topological polar surface area (TPSA) is 58.6 Å². The summed E-state index contributed by atoms with van der Waals surface area (Å²) in [6.07, 6.45) is -4.24. The lowest BCUT2D eigenvalue weighted by Gasteiger charge is -2.40. The molecule has 0 radical (unpaired) electrons. The first-order valence-corrected chi connectivity index (χ1v) is 12.5. The Morgan fingerprint density at radius 2 is 1.63 bits per heavy atom. The van der Waals surface area contributed by atoms with Crippen molar-refractivity contribution in [3.8, 4) is 0 Å². The van der Waals surface area contributed by atoms with Crippen LogP contribution in [0.25, 0.3) is 0 Å². The van der Waals surface area contributed by atoms with Crippen molar-refractivity contribution in [3.05, 3.63) is 69.2 Å². The zero-order valence-electron chi connectivity index (χ0n) is 21.0. The van der Waals surface area contributed by atoms with Crippen LogP contribution < -0.4 is 5.32 Å². The van der Waals surface area contributed by atoms with Crippen molar-refractivity contribution in [3.63, 3.8) is 0 Å². The molecule has 3 rings (SSSR count). The monoisotopic (exact) mass is 608 g/mol. The van der Waals surface area contributed by atoms with Gasteiger partial charge in [-0.15, -0.1) is 0 Å². The normalized spacial score (nSPS) is 22.8. The van der Waals surface area contributed by atoms with E-state index in [1.54, 1.807) is 45.1 Å². The number of Topliss-reactive ketones (excluding diaryl/α,β-unsaturated/α-hetero) is 1.